The molecule has 0 atom stereocenters. The molecule has 0 bridgehead atoms. The van der Waals surface area contributed by atoms with Crippen molar-refractivity contribution in [2.75, 3.05) is 13.2 Å². The molecule has 1 aromatic carbocycles. The summed E-state index contributed by atoms with van der Waals surface area (Å²) in [6, 6.07) is 9.28. The molecule has 2 aromatic rings. The predicted molar refractivity (Wildman–Crippen MR) is 81.6 cm³/mol. The monoisotopic (exact) mass is 287 g/mol. The Morgan fingerprint density at radius 1 is 1.33 bits per heavy atom. The first-order chi connectivity index (χ1) is 10.1. The number of rotatable bonds is 6. The third kappa shape index (κ3) is 3.84. The van der Waals surface area contributed by atoms with Crippen molar-refractivity contribution in [3.05, 3.63) is 47.3 Å². The van der Waals surface area contributed by atoms with Gasteiger partial charge in [0.1, 0.15) is 5.75 Å². The van der Waals surface area contributed by atoms with Gasteiger partial charge in [-0.25, -0.2) is 0 Å². The Morgan fingerprint density at radius 3 is 2.76 bits per heavy atom. The topological polar surface area (TPSA) is 56.1 Å². The maximum absolute atomic E-state index is 12.2. The molecule has 1 heterocycles. The number of carbonyl (C=O) groups is 1. The summed E-state index contributed by atoms with van der Waals surface area (Å²) in [5.41, 5.74) is 2.64. The minimum Gasteiger partial charge on any atom is -0.493 e. The molecule has 2 rings (SSSR count). The molecule has 0 aliphatic heterocycles. The van der Waals surface area contributed by atoms with E-state index in [0.29, 0.717) is 31.0 Å². The first kappa shape index (κ1) is 15.1. The Labute approximate surface area is 124 Å². The lowest BCUT2D eigenvalue weighted by atomic mass is 10.2. The third-order valence-electron chi connectivity index (χ3n) is 3.14. The zero-order valence-corrected chi connectivity index (χ0v) is 12.7. The fraction of sp³-hybridized carbons (Fsp3) is 0.375. The maximum atomic E-state index is 12.2. The van der Waals surface area contributed by atoms with Gasteiger partial charge in [-0.1, -0.05) is 12.1 Å². The second-order valence-corrected chi connectivity index (χ2v) is 4.84. The molecule has 0 aliphatic carbocycles. The van der Waals surface area contributed by atoms with Crippen molar-refractivity contribution in [2.45, 2.75) is 27.3 Å². The van der Waals surface area contributed by atoms with Crippen molar-refractivity contribution in [1.29, 1.82) is 0 Å². The highest BCUT2D eigenvalue weighted by Crippen LogP contribution is 2.17. The van der Waals surface area contributed by atoms with Gasteiger partial charge in [0.2, 0.25) is 0 Å². The highest BCUT2D eigenvalue weighted by atomic mass is 16.5. The number of nitrogens with one attached hydrogen (secondary N) is 1. The second-order valence-electron chi connectivity index (χ2n) is 4.84. The van der Waals surface area contributed by atoms with Gasteiger partial charge in [-0.3, -0.25) is 9.48 Å². The number of ether oxygens (including phenoxy) is 1. The number of para-hydroxylation sites is 1. The van der Waals surface area contributed by atoms with Crippen molar-refractivity contribution >= 4 is 5.91 Å². The average molecular weight is 287 g/mol. The number of nitrogens with zero attached hydrogens (tertiary/aromatic N) is 2. The molecule has 5 heteroatoms. The van der Waals surface area contributed by atoms with Crippen molar-refractivity contribution in [2.24, 2.45) is 0 Å². The Balaban J connectivity index is 1.94. The van der Waals surface area contributed by atoms with E-state index in [9.17, 15) is 4.79 Å². The van der Waals surface area contributed by atoms with E-state index in [0.717, 1.165) is 11.4 Å². The second kappa shape index (κ2) is 6.92. The van der Waals surface area contributed by atoms with Crippen LogP contribution in [0.1, 0.15) is 28.7 Å². The fourth-order valence-electron chi connectivity index (χ4n) is 2.21. The summed E-state index contributed by atoms with van der Waals surface area (Å²) in [4.78, 5) is 12.2. The summed E-state index contributed by atoms with van der Waals surface area (Å²) < 4.78 is 7.36. The van der Waals surface area contributed by atoms with E-state index < -0.39 is 0 Å². The summed E-state index contributed by atoms with van der Waals surface area (Å²) in [5.74, 6) is 0.490. The van der Waals surface area contributed by atoms with E-state index in [-0.39, 0.29) is 5.91 Å². The molecule has 0 radical (unpaired) electrons. The van der Waals surface area contributed by atoms with Crippen LogP contribution in [0.2, 0.25) is 0 Å². The molecule has 0 spiro atoms. The summed E-state index contributed by atoms with van der Waals surface area (Å²) >= 11 is 0. The van der Waals surface area contributed by atoms with Crippen molar-refractivity contribution in [1.82, 2.24) is 15.1 Å². The standard InChI is InChI=1S/C16H21N3O2/c1-4-21-15-8-6-5-7-14(15)16(20)17-9-10-19-13(3)11-12(2)18-19/h5-8,11H,4,9-10H2,1-3H3,(H,17,20). The first-order valence-corrected chi connectivity index (χ1v) is 7.13. The number of hydrogen-bond donors (Lipinski definition) is 1. The Bertz CT molecular complexity index is 620. The highest BCUT2D eigenvalue weighted by molar-refractivity contribution is 5.96. The Morgan fingerprint density at radius 2 is 2.10 bits per heavy atom. The molecule has 1 N–H and O–H groups in total. The van der Waals surface area contributed by atoms with Gasteiger partial charge < -0.3 is 10.1 Å². The van der Waals surface area contributed by atoms with Gasteiger partial charge in [-0.2, -0.15) is 5.10 Å². The molecule has 0 fully saturated rings. The van der Waals surface area contributed by atoms with Crippen LogP contribution in [0.25, 0.3) is 0 Å². The molecule has 1 aromatic heterocycles. The molecule has 0 aliphatic rings. The van der Waals surface area contributed by atoms with Crippen molar-refractivity contribution in [3.8, 4) is 5.75 Å². The van der Waals surface area contributed by atoms with Crippen LogP contribution < -0.4 is 10.1 Å². The summed E-state index contributed by atoms with van der Waals surface area (Å²) in [7, 11) is 0. The average Bonchev–Trinajstić information content (AvgIpc) is 2.78. The zero-order chi connectivity index (χ0) is 15.2. The Hall–Kier alpha value is -2.30. The minimum atomic E-state index is -0.124. The summed E-state index contributed by atoms with van der Waals surface area (Å²) in [6.45, 7) is 7.59. The van der Waals surface area contributed by atoms with Gasteiger partial charge in [-0.15, -0.1) is 0 Å². The molecular weight excluding hydrogens is 266 g/mol. The molecule has 1 amide bonds. The predicted octanol–water partition coefficient (Wildman–Crippen LogP) is 2.33. The lowest BCUT2D eigenvalue weighted by molar-refractivity contribution is 0.0948. The molecule has 0 saturated heterocycles. The number of hydrogen-bond acceptors (Lipinski definition) is 3. The maximum Gasteiger partial charge on any atom is 0.255 e. The quantitative estimate of drug-likeness (QED) is 0.887. The molecule has 0 saturated carbocycles. The number of amides is 1. The lowest BCUT2D eigenvalue weighted by Gasteiger charge is -2.11. The van der Waals surface area contributed by atoms with E-state index in [1.165, 1.54) is 0 Å². The molecular formula is C16H21N3O2. The van der Waals surface area contributed by atoms with Crippen LogP contribution in [-0.2, 0) is 6.54 Å². The van der Waals surface area contributed by atoms with E-state index >= 15 is 0 Å². The molecule has 112 valence electrons. The number of aryl methyl sites for hydroxylation is 2. The van der Waals surface area contributed by atoms with Gasteiger partial charge in [-0.05, 0) is 39.0 Å². The van der Waals surface area contributed by atoms with E-state index in [1.54, 1.807) is 12.1 Å². The smallest absolute Gasteiger partial charge is 0.255 e. The molecule has 5 nitrogen and oxygen atoms in total. The largest absolute Gasteiger partial charge is 0.493 e. The number of carbonyl (C=O) groups excluding carboxylic acids is 1. The van der Waals surface area contributed by atoms with E-state index in [4.69, 9.17) is 4.74 Å². The minimum absolute atomic E-state index is 0.124. The number of aromatic nitrogens is 2. The third-order valence-corrected chi connectivity index (χ3v) is 3.14. The van der Waals surface area contributed by atoms with Gasteiger partial charge in [0.15, 0.2) is 0 Å². The van der Waals surface area contributed by atoms with Gasteiger partial charge >= 0.3 is 0 Å². The van der Waals surface area contributed by atoms with Crippen LogP contribution in [0.3, 0.4) is 0 Å². The highest BCUT2D eigenvalue weighted by Gasteiger charge is 2.11. The SMILES string of the molecule is CCOc1ccccc1C(=O)NCCn1nc(C)cc1C. The van der Waals surface area contributed by atoms with Gasteiger partial charge in [0.05, 0.1) is 24.4 Å². The van der Waals surface area contributed by atoms with Crippen LogP contribution in [0.4, 0.5) is 0 Å². The summed E-state index contributed by atoms with van der Waals surface area (Å²) in [5, 5.41) is 7.27. The van der Waals surface area contributed by atoms with Crippen molar-refractivity contribution in [3.63, 3.8) is 0 Å². The van der Waals surface area contributed by atoms with Crippen LogP contribution in [0.15, 0.2) is 30.3 Å². The first-order valence-electron chi connectivity index (χ1n) is 7.13. The zero-order valence-electron chi connectivity index (χ0n) is 12.7. The lowest BCUT2D eigenvalue weighted by Crippen LogP contribution is -2.28. The van der Waals surface area contributed by atoms with Crippen LogP contribution in [-0.4, -0.2) is 28.8 Å². The van der Waals surface area contributed by atoms with E-state index in [1.807, 2.05) is 43.7 Å². The summed E-state index contributed by atoms with van der Waals surface area (Å²) in [6.07, 6.45) is 0. The fourth-order valence-corrected chi connectivity index (χ4v) is 2.21. The molecule has 0 unspecified atom stereocenters. The molecule has 21 heavy (non-hydrogen) atoms. The van der Waals surface area contributed by atoms with Crippen LogP contribution in [0.5, 0.6) is 5.75 Å². The number of benzene rings is 1. The van der Waals surface area contributed by atoms with Crippen LogP contribution >= 0.6 is 0 Å². The van der Waals surface area contributed by atoms with Crippen molar-refractivity contribution < 1.29 is 9.53 Å². The Kier molecular flexibility index (Phi) is 4.98. The normalized spacial score (nSPS) is 10.4. The van der Waals surface area contributed by atoms with E-state index in [2.05, 4.69) is 10.4 Å². The van der Waals surface area contributed by atoms with Gasteiger partial charge in [0, 0.05) is 12.2 Å². The van der Waals surface area contributed by atoms with Gasteiger partial charge in [0.25, 0.3) is 5.91 Å². The van der Waals surface area contributed by atoms with Crippen LogP contribution in [0, 0.1) is 13.8 Å².